The van der Waals surface area contributed by atoms with Crippen molar-refractivity contribution in [3.63, 3.8) is 0 Å². The molecule has 0 aromatic heterocycles. The Balaban J connectivity index is 2.49. The first-order valence-corrected chi connectivity index (χ1v) is 8.96. The van der Waals surface area contributed by atoms with Gasteiger partial charge in [0.25, 0.3) is 5.69 Å². The molecule has 1 aliphatic rings. The van der Waals surface area contributed by atoms with Crippen LogP contribution in [0.15, 0.2) is 35.5 Å². The number of non-ortho nitro benzene ring substituents is 1. The van der Waals surface area contributed by atoms with Crippen LogP contribution >= 0.6 is 0 Å². The van der Waals surface area contributed by atoms with Crippen LogP contribution in [-0.2, 0) is 9.53 Å². The van der Waals surface area contributed by atoms with E-state index in [1.807, 2.05) is 0 Å². The zero-order valence-corrected chi connectivity index (χ0v) is 16.0. The molecular formula is C19H25N3O5. The minimum Gasteiger partial charge on any atom is -0.463 e. The Kier molecular flexibility index (Phi) is 6.55. The zero-order valence-electron chi connectivity index (χ0n) is 16.0. The maximum absolute atomic E-state index is 12.6. The minimum atomic E-state index is -0.799. The standard InChI is InChI=1S/C19H25N3O5/c1-5-27-18(23)16-13(4)21(10-9-12(2)3)19(24)20-17(16)14-7-6-8-15(11-14)22(25)26/h6-8,11-12,17H,5,9-10H2,1-4H3,(H,20,24)/t17-/m0/s1. The minimum absolute atomic E-state index is 0.107. The van der Waals surface area contributed by atoms with E-state index in [9.17, 15) is 19.7 Å². The van der Waals surface area contributed by atoms with E-state index in [0.717, 1.165) is 6.42 Å². The van der Waals surface area contributed by atoms with Crippen LogP contribution in [0.2, 0.25) is 0 Å². The average Bonchev–Trinajstić information content (AvgIpc) is 2.61. The van der Waals surface area contributed by atoms with Gasteiger partial charge in [0.2, 0.25) is 0 Å². The fourth-order valence-electron chi connectivity index (χ4n) is 2.98. The molecule has 0 saturated carbocycles. The number of carbonyl (C=O) groups is 2. The van der Waals surface area contributed by atoms with Crippen LogP contribution in [0.25, 0.3) is 0 Å². The van der Waals surface area contributed by atoms with Crippen molar-refractivity contribution in [2.45, 2.75) is 40.2 Å². The first kappa shape index (κ1) is 20.4. The summed E-state index contributed by atoms with van der Waals surface area (Å²) in [7, 11) is 0. The Labute approximate surface area is 158 Å². The molecule has 0 aliphatic carbocycles. The third-order valence-corrected chi connectivity index (χ3v) is 4.44. The van der Waals surface area contributed by atoms with Crippen molar-refractivity contribution in [1.29, 1.82) is 0 Å². The Morgan fingerprint density at radius 1 is 1.41 bits per heavy atom. The van der Waals surface area contributed by atoms with Gasteiger partial charge in [0.1, 0.15) is 0 Å². The van der Waals surface area contributed by atoms with Crippen LogP contribution in [0, 0.1) is 16.0 Å². The summed E-state index contributed by atoms with van der Waals surface area (Å²) in [6, 6.07) is 4.77. The first-order valence-electron chi connectivity index (χ1n) is 8.96. The molecule has 0 saturated heterocycles. The maximum atomic E-state index is 12.6. The predicted molar refractivity (Wildman–Crippen MR) is 99.9 cm³/mol. The van der Waals surface area contributed by atoms with Crippen molar-refractivity contribution in [3.05, 3.63) is 51.2 Å². The van der Waals surface area contributed by atoms with Crippen molar-refractivity contribution in [2.75, 3.05) is 13.2 Å². The number of esters is 1. The van der Waals surface area contributed by atoms with Gasteiger partial charge in [0.05, 0.1) is 23.1 Å². The van der Waals surface area contributed by atoms with Gasteiger partial charge < -0.3 is 10.1 Å². The number of ether oxygens (including phenoxy) is 1. The molecule has 1 aromatic rings. The summed E-state index contributed by atoms with van der Waals surface area (Å²) in [6.07, 6.45) is 0.780. The van der Waals surface area contributed by atoms with E-state index in [0.29, 0.717) is 29.3 Å². The predicted octanol–water partition coefficient (Wildman–Crippen LogP) is 3.54. The molecule has 0 fully saturated rings. The molecule has 0 radical (unpaired) electrons. The number of benzene rings is 1. The summed E-state index contributed by atoms with van der Waals surface area (Å²) in [6.45, 7) is 8.18. The number of rotatable bonds is 7. The van der Waals surface area contributed by atoms with Crippen LogP contribution in [0.1, 0.15) is 45.7 Å². The zero-order chi connectivity index (χ0) is 20.1. The number of urea groups is 1. The highest BCUT2D eigenvalue weighted by Crippen LogP contribution is 2.33. The number of carbonyl (C=O) groups excluding carboxylic acids is 2. The lowest BCUT2D eigenvalue weighted by Crippen LogP contribution is -2.48. The van der Waals surface area contributed by atoms with Crippen molar-refractivity contribution in [1.82, 2.24) is 10.2 Å². The molecule has 2 rings (SSSR count). The highest BCUT2D eigenvalue weighted by molar-refractivity contribution is 5.95. The molecule has 146 valence electrons. The largest absolute Gasteiger partial charge is 0.463 e. The normalized spacial score (nSPS) is 17.1. The number of amides is 2. The topological polar surface area (TPSA) is 102 Å². The van der Waals surface area contributed by atoms with Gasteiger partial charge in [-0.3, -0.25) is 15.0 Å². The molecule has 2 amide bonds. The molecule has 1 aliphatic heterocycles. The highest BCUT2D eigenvalue weighted by atomic mass is 16.6. The number of hydrogen-bond donors (Lipinski definition) is 1. The fourth-order valence-corrected chi connectivity index (χ4v) is 2.98. The molecule has 0 unspecified atom stereocenters. The van der Waals surface area contributed by atoms with Crippen molar-refractivity contribution >= 4 is 17.7 Å². The summed E-state index contributed by atoms with van der Waals surface area (Å²) < 4.78 is 5.18. The second-order valence-electron chi connectivity index (χ2n) is 6.79. The number of hydrogen-bond acceptors (Lipinski definition) is 5. The number of nitro groups is 1. The number of nitrogens with one attached hydrogen (secondary N) is 1. The van der Waals surface area contributed by atoms with E-state index in [1.165, 1.54) is 23.1 Å². The Bertz CT molecular complexity index is 772. The lowest BCUT2D eigenvalue weighted by molar-refractivity contribution is -0.384. The van der Waals surface area contributed by atoms with Crippen LogP contribution in [0.5, 0.6) is 0 Å². The van der Waals surface area contributed by atoms with E-state index in [1.54, 1.807) is 19.9 Å². The average molecular weight is 375 g/mol. The molecule has 0 bridgehead atoms. The summed E-state index contributed by atoms with van der Waals surface area (Å²) in [4.78, 5) is 37.4. The highest BCUT2D eigenvalue weighted by Gasteiger charge is 2.36. The molecule has 1 N–H and O–H groups in total. The third-order valence-electron chi connectivity index (χ3n) is 4.44. The molecule has 0 spiro atoms. The van der Waals surface area contributed by atoms with Crippen LogP contribution < -0.4 is 5.32 Å². The summed E-state index contributed by atoms with van der Waals surface area (Å²) >= 11 is 0. The quantitative estimate of drug-likeness (QED) is 0.446. The Morgan fingerprint density at radius 3 is 2.70 bits per heavy atom. The molecule has 1 atom stereocenters. The van der Waals surface area contributed by atoms with E-state index < -0.39 is 16.9 Å². The third kappa shape index (κ3) is 4.64. The van der Waals surface area contributed by atoms with Gasteiger partial charge in [0, 0.05) is 24.4 Å². The van der Waals surface area contributed by atoms with Gasteiger partial charge in [-0.25, -0.2) is 9.59 Å². The number of allylic oxidation sites excluding steroid dienone is 1. The molecule has 8 nitrogen and oxygen atoms in total. The number of nitrogens with zero attached hydrogens (tertiary/aromatic N) is 2. The SMILES string of the molecule is CCOC(=O)C1=C(C)N(CCC(C)C)C(=O)N[C@H]1c1cccc([N+](=O)[O-])c1. The van der Waals surface area contributed by atoms with Crippen molar-refractivity contribution < 1.29 is 19.2 Å². The Hall–Kier alpha value is -2.90. The van der Waals surface area contributed by atoms with E-state index in [-0.39, 0.29) is 18.3 Å². The maximum Gasteiger partial charge on any atom is 0.338 e. The van der Waals surface area contributed by atoms with E-state index in [2.05, 4.69) is 19.2 Å². The second-order valence-corrected chi connectivity index (χ2v) is 6.79. The second kappa shape index (κ2) is 8.66. The fraction of sp³-hybridized carbons (Fsp3) is 0.474. The van der Waals surface area contributed by atoms with E-state index in [4.69, 9.17) is 4.74 Å². The van der Waals surface area contributed by atoms with Crippen LogP contribution in [-0.4, -0.2) is 35.0 Å². The van der Waals surface area contributed by atoms with Gasteiger partial charge in [0.15, 0.2) is 0 Å². The molecule has 1 aromatic carbocycles. The van der Waals surface area contributed by atoms with E-state index >= 15 is 0 Å². The van der Waals surface area contributed by atoms with Crippen molar-refractivity contribution in [2.24, 2.45) is 5.92 Å². The van der Waals surface area contributed by atoms with Gasteiger partial charge in [-0.15, -0.1) is 0 Å². The lowest BCUT2D eigenvalue weighted by Gasteiger charge is -2.35. The lowest BCUT2D eigenvalue weighted by atomic mass is 9.94. The molecule has 1 heterocycles. The van der Waals surface area contributed by atoms with Gasteiger partial charge >= 0.3 is 12.0 Å². The van der Waals surface area contributed by atoms with Crippen LogP contribution in [0.3, 0.4) is 0 Å². The molecular weight excluding hydrogens is 350 g/mol. The summed E-state index contributed by atoms with van der Waals surface area (Å²) in [5.41, 5.74) is 1.16. The Morgan fingerprint density at radius 2 is 2.11 bits per heavy atom. The first-order chi connectivity index (χ1) is 12.8. The summed E-state index contributed by atoms with van der Waals surface area (Å²) in [5.74, 6) is -0.146. The van der Waals surface area contributed by atoms with Crippen LogP contribution in [0.4, 0.5) is 10.5 Å². The smallest absolute Gasteiger partial charge is 0.338 e. The molecule has 27 heavy (non-hydrogen) atoms. The number of nitro benzene ring substituents is 1. The molecule has 8 heteroatoms. The summed E-state index contributed by atoms with van der Waals surface area (Å²) in [5, 5.41) is 13.9. The van der Waals surface area contributed by atoms with Gasteiger partial charge in [-0.2, -0.15) is 0 Å². The van der Waals surface area contributed by atoms with Gasteiger partial charge in [-0.1, -0.05) is 26.0 Å². The monoisotopic (exact) mass is 375 g/mol. The van der Waals surface area contributed by atoms with Gasteiger partial charge in [-0.05, 0) is 31.7 Å². The van der Waals surface area contributed by atoms with Crippen molar-refractivity contribution in [3.8, 4) is 0 Å².